The third kappa shape index (κ3) is 7.74. The normalized spacial score (nSPS) is 11.1. The van der Waals surface area contributed by atoms with E-state index in [9.17, 15) is 22.8 Å². The number of nitrogens with zero attached hydrogens (tertiary/aromatic N) is 1. The Hall–Kier alpha value is -3.15. The van der Waals surface area contributed by atoms with Gasteiger partial charge >= 0.3 is 5.97 Å². The molecule has 0 radical (unpaired) electrons. The van der Waals surface area contributed by atoms with Crippen molar-refractivity contribution in [3.8, 4) is 5.75 Å². The van der Waals surface area contributed by atoms with Gasteiger partial charge in [0, 0.05) is 12.1 Å². The number of halogens is 1. The van der Waals surface area contributed by atoms with Gasteiger partial charge in [0.2, 0.25) is 15.9 Å². The molecule has 178 valence electrons. The van der Waals surface area contributed by atoms with Gasteiger partial charge < -0.3 is 20.1 Å². The summed E-state index contributed by atoms with van der Waals surface area (Å²) < 4.78 is 35.7. The van der Waals surface area contributed by atoms with Gasteiger partial charge in [-0.05, 0) is 48.9 Å². The van der Waals surface area contributed by atoms with Crippen LogP contribution in [-0.2, 0) is 29.1 Å². The van der Waals surface area contributed by atoms with Crippen molar-refractivity contribution in [3.63, 3.8) is 0 Å². The molecule has 0 bridgehead atoms. The van der Waals surface area contributed by atoms with Crippen LogP contribution >= 0.6 is 11.6 Å². The van der Waals surface area contributed by atoms with Gasteiger partial charge in [-0.15, -0.1) is 0 Å². The molecule has 2 N–H and O–H groups in total. The number of amides is 2. The molecule has 0 aliphatic rings. The number of hydrogen-bond acceptors (Lipinski definition) is 7. The van der Waals surface area contributed by atoms with Crippen molar-refractivity contribution in [3.05, 3.63) is 53.1 Å². The first kappa shape index (κ1) is 26.1. The maximum Gasteiger partial charge on any atom is 0.321 e. The van der Waals surface area contributed by atoms with Crippen LogP contribution in [0.1, 0.15) is 5.56 Å². The lowest BCUT2D eigenvalue weighted by Gasteiger charge is -2.16. The molecule has 0 atom stereocenters. The van der Waals surface area contributed by atoms with E-state index in [1.54, 1.807) is 12.1 Å². The van der Waals surface area contributed by atoms with Gasteiger partial charge in [-0.2, -0.15) is 4.31 Å². The number of aryl methyl sites for hydroxylation is 1. The van der Waals surface area contributed by atoms with E-state index in [0.29, 0.717) is 16.5 Å². The first-order chi connectivity index (χ1) is 15.5. The highest BCUT2D eigenvalue weighted by molar-refractivity contribution is 7.89. The zero-order valence-electron chi connectivity index (χ0n) is 18.3. The third-order valence-corrected chi connectivity index (χ3v) is 6.38. The summed E-state index contributed by atoms with van der Waals surface area (Å²) in [5.74, 6) is -1.70. The molecule has 2 aromatic carbocycles. The van der Waals surface area contributed by atoms with Crippen molar-refractivity contribution >= 4 is 45.1 Å². The van der Waals surface area contributed by atoms with E-state index in [1.807, 2.05) is 13.0 Å². The van der Waals surface area contributed by atoms with Gasteiger partial charge in [0.25, 0.3) is 5.91 Å². The molecular weight excluding hydrogens is 474 g/mol. The Morgan fingerprint density at radius 3 is 2.36 bits per heavy atom. The minimum Gasteiger partial charge on any atom is -0.495 e. The van der Waals surface area contributed by atoms with Crippen LogP contribution < -0.4 is 15.4 Å². The maximum atomic E-state index is 12.5. The molecule has 0 heterocycles. The molecule has 2 aromatic rings. The Balaban J connectivity index is 1.78. The Kier molecular flexibility index (Phi) is 9.21. The number of carbonyl (C=O) groups excluding carboxylic acids is 3. The van der Waals surface area contributed by atoms with Crippen molar-refractivity contribution in [2.75, 3.05) is 39.2 Å². The molecule has 33 heavy (non-hydrogen) atoms. The minimum absolute atomic E-state index is 0.0452. The minimum atomic E-state index is -3.94. The molecule has 0 saturated carbocycles. The highest BCUT2D eigenvalue weighted by Gasteiger charge is 2.24. The fraction of sp³-hybridized carbons (Fsp3) is 0.286. The molecule has 2 rings (SSSR count). The van der Waals surface area contributed by atoms with Gasteiger partial charge in [-0.25, -0.2) is 8.42 Å². The van der Waals surface area contributed by atoms with Crippen LogP contribution in [0.2, 0.25) is 5.02 Å². The number of sulfonamides is 1. The second-order valence-electron chi connectivity index (χ2n) is 6.90. The summed E-state index contributed by atoms with van der Waals surface area (Å²) in [6.45, 7) is 0.211. The molecule has 0 aliphatic heterocycles. The summed E-state index contributed by atoms with van der Waals surface area (Å²) in [6.07, 6.45) is 0. The first-order valence-corrected chi connectivity index (χ1v) is 11.4. The number of hydrogen-bond donors (Lipinski definition) is 2. The van der Waals surface area contributed by atoms with Crippen molar-refractivity contribution < 1.29 is 32.3 Å². The van der Waals surface area contributed by atoms with Gasteiger partial charge in [-0.3, -0.25) is 14.4 Å². The number of likely N-dealkylation sites (N-methyl/N-ethyl adjacent to an activating group) is 1. The average Bonchev–Trinajstić information content (AvgIpc) is 2.76. The van der Waals surface area contributed by atoms with Crippen LogP contribution in [-0.4, -0.2) is 64.4 Å². The van der Waals surface area contributed by atoms with Gasteiger partial charge in [0.15, 0.2) is 6.61 Å². The van der Waals surface area contributed by atoms with Crippen LogP contribution in [0.25, 0.3) is 0 Å². The number of carbonyl (C=O) groups is 3. The largest absolute Gasteiger partial charge is 0.495 e. The Labute approximate surface area is 196 Å². The predicted octanol–water partition coefficient (Wildman–Crippen LogP) is 1.58. The van der Waals surface area contributed by atoms with Crippen molar-refractivity contribution in [1.82, 2.24) is 9.62 Å². The highest BCUT2D eigenvalue weighted by Crippen LogP contribution is 2.25. The Morgan fingerprint density at radius 2 is 1.73 bits per heavy atom. The zero-order valence-corrected chi connectivity index (χ0v) is 19.8. The first-order valence-electron chi connectivity index (χ1n) is 9.61. The quantitative estimate of drug-likeness (QED) is 0.476. The highest BCUT2D eigenvalue weighted by atomic mass is 35.5. The zero-order chi connectivity index (χ0) is 24.6. The summed E-state index contributed by atoms with van der Waals surface area (Å²) in [5.41, 5.74) is 1.36. The lowest BCUT2D eigenvalue weighted by molar-refractivity contribution is -0.148. The maximum absolute atomic E-state index is 12.5. The van der Waals surface area contributed by atoms with Crippen LogP contribution in [0.5, 0.6) is 5.75 Å². The van der Waals surface area contributed by atoms with E-state index < -0.39 is 41.0 Å². The molecule has 12 heteroatoms. The van der Waals surface area contributed by atoms with E-state index in [4.69, 9.17) is 21.1 Å². The second kappa shape index (κ2) is 11.6. The standard InChI is InChI=1S/C21H24ClN3O7S/c1-14-4-9-18(31-3)17(10-14)24-19(26)11-23-20(27)13-32-21(28)12-25(2)33(29,30)16-7-5-15(22)6-8-16/h4-10H,11-13H2,1-3H3,(H,23,27)(H,24,26). The summed E-state index contributed by atoms with van der Waals surface area (Å²) in [6, 6.07) is 10.7. The number of anilines is 1. The van der Waals surface area contributed by atoms with Crippen molar-refractivity contribution in [1.29, 1.82) is 0 Å². The number of esters is 1. The smallest absolute Gasteiger partial charge is 0.321 e. The van der Waals surface area contributed by atoms with Gasteiger partial charge in [0.05, 0.1) is 24.2 Å². The lowest BCUT2D eigenvalue weighted by Crippen LogP contribution is -2.37. The molecular formula is C21H24ClN3O7S. The lowest BCUT2D eigenvalue weighted by atomic mass is 10.2. The number of methoxy groups -OCH3 is 1. The van der Waals surface area contributed by atoms with Crippen molar-refractivity contribution in [2.24, 2.45) is 0 Å². The van der Waals surface area contributed by atoms with E-state index >= 15 is 0 Å². The van der Waals surface area contributed by atoms with Crippen LogP contribution in [0.3, 0.4) is 0 Å². The summed E-state index contributed by atoms with van der Waals surface area (Å²) in [7, 11) is -1.27. The van der Waals surface area contributed by atoms with Crippen molar-refractivity contribution in [2.45, 2.75) is 11.8 Å². The molecule has 0 fully saturated rings. The summed E-state index contributed by atoms with van der Waals surface area (Å²) >= 11 is 5.75. The van der Waals surface area contributed by atoms with Crippen LogP contribution in [0.15, 0.2) is 47.4 Å². The van der Waals surface area contributed by atoms with E-state index in [0.717, 1.165) is 9.87 Å². The average molecular weight is 498 g/mol. The van der Waals surface area contributed by atoms with E-state index in [1.165, 1.54) is 38.4 Å². The Morgan fingerprint density at radius 1 is 1.06 bits per heavy atom. The number of ether oxygens (including phenoxy) is 2. The number of benzene rings is 2. The van der Waals surface area contributed by atoms with E-state index in [-0.39, 0.29) is 11.4 Å². The van der Waals surface area contributed by atoms with E-state index in [2.05, 4.69) is 10.6 Å². The SMILES string of the molecule is COc1ccc(C)cc1NC(=O)CNC(=O)COC(=O)CN(C)S(=O)(=O)c1ccc(Cl)cc1. The van der Waals surface area contributed by atoms with Gasteiger partial charge in [0.1, 0.15) is 12.3 Å². The van der Waals surface area contributed by atoms with Gasteiger partial charge in [-0.1, -0.05) is 17.7 Å². The van der Waals surface area contributed by atoms with Crippen LogP contribution in [0, 0.1) is 6.92 Å². The molecule has 0 unspecified atom stereocenters. The molecule has 0 spiro atoms. The topological polar surface area (TPSA) is 131 Å². The fourth-order valence-corrected chi connectivity index (χ4v) is 3.83. The molecule has 2 amide bonds. The predicted molar refractivity (Wildman–Crippen MR) is 122 cm³/mol. The molecule has 0 aliphatic carbocycles. The summed E-state index contributed by atoms with van der Waals surface area (Å²) in [5, 5.41) is 5.30. The third-order valence-electron chi connectivity index (χ3n) is 4.31. The van der Waals surface area contributed by atoms with Crippen LogP contribution in [0.4, 0.5) is 5.69 Å². The molecule has 0 saturated heterocycles. The Bertz CT molecular complexity index is 1120. The fourth-order valence-electron chi connectivity index (χ4n) is 2.59. The second-order valence-corrected chi connectivity index (χ2v) is 9.39. The number of nitrogens with one attached hydrogen (secondary N) is 2. The summed E-state index contributed by atoms with van der Waals surface area (Å²) in [4.78, 5) is 35.9. The monoisotopic (exact) mass is 497 g/mol. The molecule has 0 aromatic heterocycles. The molecule has 10 nitrogen and oxygen atoms in total. The number of rotatable bonds is 10.